The molecule has 1 unspecified atom stereocenters. The van der Waals surface area contributed by atoms with Crippen molar-refractivity contribution in [2.75, 3.05) is 39.8 Å². The lowest BCUT2D eigenvalue weighted by molar-refractivity contribution is -0.117. The highest BCUT2D eigenvalue weighted by molar-refractivity contribution is 6.00. The lowest BCUT2D eigenvalue weighted by atomic mass is 9.98. The van der Waals surface area contributed by atoms with E-state index in [-0.39, 0.29) is 23.8 Å². The maximum Gasteiger partial charge on any atom is 0.253 e. The van der Waals surface area contributed by atoms with Gasteiger partial charge in [-0.1, -0.05) is 18.2 Å². The van der Waals surface area contributed by atoms with Crippen LogP contribution in [0.4, 0.5) is 5.69 Å². The molecule has 2 amide bonds. The number of hydrogen-bond donors (Lipinski definition) is 0. The Kier molecular flexibility index (Phi) is 8.67. The van der Waals surface area contributed by atoms with E-state index >= 15 is 0 Å². The number of benzene rings is 3. The third-order valence-corrected chi connectivity index (χ3v) is 7.78. The topological polar surface area (TPSA) is 77.5 Å². The van der Waals surface area contributed by atoms with Crippen molar-refractivity contribution in [1.29, 1.82) is 0 Å². The maximum atomic E-state index is 13.3. The van der Waals surface area contributed by atoms with Crippen LogP contribution in [0, 0.1) is 0 Å². The number of methoxy groups -OCH3 is 2. The second-order valence-corrected chi connectivity index (χ2v) is 10.9. The molecule has 0 radical (unpaired) electrons. The highest BCUT2D eigenvalue weighted by Crippen LogP contribution is 2.39. The number of amides is 2. The van der Waals surface area contributed by atoms with Crippen molar-refractivity contribution < 1.29 is 28.5 Å². The van der Waals surface area contributed by atoms with Crippen LogP contribution in [0.15, 0.2) is 60.7 Å². The van der Waals surface area contributed by atoms with Crippen LogP contribution in [0.1, 0.15) is 59.5 Å². The van der Waals surface area contributed by atoms with Crippen molar-refractivity contribution in [3.05, 3.63) is 77.4 Å². The number of rotatable bonds is 10. The summed E-state index contributed by atoms with van der Waals surface area (Å²) in [6, 6.07) is 18.9. The van der Waals surface area contributed by atoms with Gasteiger partial charge in [0.15, 0.2) is 11.5 Å². The summed E-state index contributed by atoms with van der Waals surface area (Å²) in [6.45, 7) is 0.783. The lowest BCUT2D eigenvalue weighted by Crippen LogP contribution is -2.26. The van der Waals surface area contributed by atoms with E-state index in [4.69, 9.17) is 18.9 Å². The Morgan fingerprint density at radius 3 is 2.46 bits per heavy atom. The molecule has 2 fully saturated rings. The molecule has 216 valence electrons. The molecule has 0 spiro atoms. The first kappa shape index (κ1) is 28.3. The zero-order chi connectivity index (χ0) is 28.9. The summed E-state index contributed by atoms with van der Waals surface area (Å²) in [5.41, 5.74) is 3.07. The van der Waals surface area contributed by atoms with Crippen LogP contribution in [0.25, 0.3) is 0 Å². The molecule has 1 heterocycles. The summed E-state index contributed by atoms with van der Waals surface area (Å²) in [5.74, 6) is 2.51. The monoisotopic (exact) mass is 558 g/mol. The molecule has 3 aromatic carbocycles. The van der Waals surface area contributed by atoms with E-state index in [1.165, 1.54) is 17.7 Å². The average Bonchev–Trinajstić information content (AvgIpc) is 3.65. The first-order chi connectivity index (χ1) is 19.8. The van der Waals surface area contributed by atoms with Gasteiger partial charge in [-0.15, -0.1) is 0 Å². The Morgan fingerprint density at radius 1 is 0.927 bits per heavy atom. The van der Waals surface area contributed by atoms with Gasteiger partial charge in [0.25, 0.3) is 5.91 Å². The van der Waals surface area contributed by atoms with Crippen molar-refractivity contribution in [3.8, 4) is 23.0 Å². The van der Waals surface area contributed by atoms with Gasteiger partial charge in [-0.05, 0) is 73.2 Å². The Morgan fingerprint density at radius 2 is 1.73 bits per heavy atom. The highest BCUT2D eigenvalue weighted by atomic mass is 16.5. The van der Waals surface area contributed by atoms with Crippen LogP contribution in [0.2, 0.25) is 0 Å². The summed E-state index contributed by atoms with van der Waals surface area (Å²) >= 11 is 0. The van der Waals surface area contributed by atoms with Crippen molar-refractivity contribution in [1.82, 2.24) is 4.90 Å². The Labute approximate surface area is 241 Å². The van der Waals surface area contributed by atoms with Gasteiger partial charge >= 0.3 is 0 Å². The summed E-state index contributed by atoms with van der Waals surface area (Å²) < 4.78 is 23.3. The smallest absolute Gasteiger partial charge is 0.253 e. The summed E-state index contributed by atoms with van der Waals surface area (Å²) in [5, 5.41) is 0. The highest BCUT2D eigenvalue weighted by Gasteiger charge is 2.33. The third kappa shape index (κ3) is 6.59. The quantitative estimate of drug-likeness (QED) is 0.312. The second-order valence-electron chi connectivity index (χ2n) is 10.9. The standard InChI is InChI=1S/C33H38N2O6/c1-34(2)33(37)24-15-26(19-29(16-24)40-21-22-8-7-11-28(14-22)38-3)35-20-25(18-32(35)36)23-12-13-30(39-4)31(17-23)41-27-9-5-6-10-27/h7-8,11-17,19,25,27H,5-6,9-10,18,20-21H2,1-4H3. The molecule has 1 saturated carbocycles. The summed E-state index contributed by atoms with van der Waals surface area (Å²) in [4.78, 5) is 29.6. The van der Waals surface area contributed by atoms with Gasteiger partial charge in [0, 0.05) is 50.3 Å². The van der Waals surface area contributed by atoms with Crippen LogP contribution in [-0.4, -0.2) is 57.7 Å². The Balaban J connectivity index is 1.38. The number of carbonyl (C=O) groups is 2. The SMILES string of the molecule is COc1cccc(COc2cc(C(=O)N(C)C)cc(N3CC(c4ccc(OC)c(OC5CCCC5)c4)CC3=O)c2)c1. The van der Waals surface area contributed by atoms with E-state index in [9.17, 15) is 9.59 Å². The van der Waals surface area contributed by atoms with Gasteiger partial charge in [0.05, 0.1) is 20.3 Å². The van der Waals surface area contributed by atoms with Crippen molar-refractivity contribution in [3.63, 3.8) is 0 Å². The van der Waals surface area contributed by atoms with Gasteiger partial charge in [-0.25, -0.2) is 0 Å². The third-order valence-electron chi connectivity index (χ3n) is 7.78. The van der Waals surface area contributed by atoms with Crippen molar-refractivity contribution in [2.45, 2.75) is 50.7 Å². The molecule has 41 heavy (non-hydrogen) atoms. The van der Waals surface area contributed by atoms with Crippen LogP contribution in [0.5, 0.6) is 23.0 Å². The van der Waals surface area contributed by atoms with E-state index in [2.05, 4.69) is 0 Å². The molecule has 1 aliphatic heterocycles. The first-order valence-corrected chi connectivity index (χ1v) is 14.1. The van der Waals surface area contributed by atoms with E-state index in [1.54, 1.807) is 45.3 Å². The second kappa shape index (κ2) is 12.5. The molecule has 0 N–H and O–H groups in total. The molecule has 8 nitrogen and oxygen atoms in total. The zero-order valence-electron chi connectivity index (χ0n) is 24.2. The molecular formula is C33H38N2O6. The molecule has 1 saturated heterocycles. The average molecular weight is 559 g/mol. The Hall–Kier alpha value is -4.20. The van der Waals surface area contributed by atoms with Crippen LogP contribution < -0.4 is 23.8 Å². The molecule has 5 rings (SSSR count). The van der Waals surface area contributed by atoms with Gasteiger partial charge in [0.1, 0.15) is 18.1 Å². The van der Waals surface area contributed by atoms with Gasteiger partial charge in [-0.3, -0.25) is 9.59 Å². The fourth-order valence-corrected chi connectivity index (χ4v) is 5.54. The van der Waals surface area contributed by atoms with Crippen LogP contribution >= 0.6 is 0 Å². The predicted molar refractivity (Wildman–Crippen MR) is 157 cm³/mol. The van der Waals surface area contributed by atoms with Crippen molar-refractivity contribution >= 4 is 17.5 Å². The van der Waals surface area contributed by atoms with Gasteiger partial charge in [0.2, 0.25) is 5.91 Å². The maximum absolute atomic E-state index is 13.3. The van der Waals surface area contributed by atoms with Gasteiger partial charge in [-0.2, -0.15) is 0 Å². The molecule has 0 aromatic heterocycles. The first-order valence-electron chi connectivity index (χ1n) is 14.1. The molecule has 0 bridgehead atoms. The molecule has 1 atom stereocenters. The predicted octanol–water partition coefficient (Wildman–Crippen LogP) is 5.83. The molecule has 8 heteroatoms. The summed E-state index contributed by atoms with van der Waals surface area (Å²) in [6.07, 6.45) is 5.02. The number of ether oxygens (including phenoxy) is 4. The number of carbonyl (C=O) groups excluding carboxylic acids is 2. The van der Waals surface area contributed by atoms with Crippen LogP contribution in [0.3, 0.4) is 0 Å². The van der Waals surface area contributed by atoms with E-state index < -0.39 is 0 Å². The van der Waals surface area contributed by atoms with Crippen LogP contribution in [-0.2, 0) is 11.4 Å². The van der Waals surface area contributed by atoms with E-state index in [0.717, 1.165) is 35.5 Å². The molecule has 2 aliphatic rings. The molecule has 1 aliphatic carbocycles. The number of nitrogens with zero attached hydrogens (tertiary/aromatic N) is 2. The van der Waals surface area contributed by atoms with E-state index in [0.29, 0.717) is 42.3 Å². The minimum Gasteiger partial charge on any atom is -0.497 e. The lowest BCUT2D eigenvalue weighted by Gasteiger charge is -2.21. The zero-order valence-corrected chi connectivity index (χ0v) is 24.2. The van der Waals surface area contributed by atoms with Gasteiger partial charge < -0.3 is 28.7 Å². The van der Waals surface area contributed by atoms with Crippen molar-refractivity contribution in [2.24, 2.45) is 0 Å². The molecular weight excluding hydrogens is 520 g/mol. The normalized spacial score (nSPS) is 17.0. The largest absolute Gasteiger partial charge is 0.497 e. The minimum atomic E-state index is -0.162. The Bertz CT molecular complexity index is 1400. The fourth-order valence-electron chi connectivity index (χ4n) is 5.54. The van der Waals surface area contributed by atoms with E-state index in [1.807, 2.05) is 48.5 Å². The summed E-state index contributed by atoms with van der Waals surface area (Å²) in [7, 11) is 6.68. The molecule has 3 aromatic rings. The number of hydrogen-bond acceptors (Lipinski definition) is 6. The number of anilines is 1. The fraction of sp³-hybridized carbons (Fsp3) is 0.394. The minimum absolute atomic E-state index is 0.00252.